The summed E-state index contributed by atoms with van der Waals surface area (Å²) in [6, 6.07) is 0.513. The molecule has 0 aromatic heterocycles. The van der Waals surface area contributed by atoms with Crippen LogP contribution < -0.4 is 5.32 Å². The van der Waals surface area contributed by atoms with Gasteiger partial charge in [0, 0.05) is 12.6 Å². The van der Waals surface area contributed by atoms with Crippen LogP contribution in [0.25, 0.3) is 0 Å². The Morgan fingerprint density at radius 3 is 2.48 bits per heavy atom. The van der Waals surface area contributed by atoms with E-state index in [1.54, 1.807) is 0 Å². The van der Waals surface area contributed by atoms with Crippen LogP contribution in [0.3, 0.4) is 0 Å². The second kappa shape index (κ2) is 6.66. The van der Waals surface area contributed by atoms with Crippen LogP contribution in [-0.2, 0) is 9.53 Å². The fourth-order valence-corrected chi connectivity index (χ4v) is 3.19. The molecule has 21 heavy (non-hydrogen) atoms. The molecule has 2 rings (SSSR count). The lowest BCUT2D eigenvalue weighted by Gasteiger charge is -2.40. The number of methoxy groups -OCH3 is 1. The fourth-order valence-electron chi connectivity index (χ4n) is 3.19. The lowest BCUT2D eigenvalue weighted by atomic mass is 9.78. The SMILES string of the molecule is CCC1(C)CCN(CCC(C)(NC2CC2)C(=O)OC)CC1. The summed E-state index contributed by atoms with van der Waals surface area (Å²) in [5.41, 5.74) is -0.00413. The monoisotopic (exact) mass is 296 g/mol. The Balaban J connectivity index is 1.83. The number of likely N-dealkylation sites (tertiary alicyclic amines) is 1. The first kappa shape index (κ1) is 16.8. The highest BCUT2D eigenvalue weighted by Crippen LogP contribution is 2.34. The zero-order chi connectivity index (χ0) is 15.5. The van der Waals surface area contributed by atoms with Crippen LogP contribution in [-0.4, -0.2) is 49.2 Å². The van der Waals surface area contributed by atoms with E-state index in [2.05, 4.69) is 24.1 Å². The van der Waals surface area contributed by atoms with Gasteiger partial charge in [-0.3, -0.25) is 10.1 Å². The number of carbonyl (C=O) groups excluding carboxylic acids is 1. The summed E-state index contributed by atoms with van der Waals surface area (Å²) < 4.78 is 5.01. The van der Waals surface area contributed by atoms with Crippen LogP contribution in [0.5, 0.6) is 0 Å². The minimum atomic E-state index is -0.526. The minimum absolute atomic E-state index is 0.121. The molecular weight excluding hydrogens is 264 g/mol. The third kappa shape index (κ3) is 4.43. The first-order valence-electron chi connectivity index (χ1n) is 8.49. The Labute approximate surface area is 129 Å². The third-order valence-electron chi connectivity index (χ3n) is 5.58. The molecule has 1 aliphatic carbocycles. The molecule has 1 aliphatic heterocycles. The average molecular weight is 296 g/mol. The smallest absolute Gasteiger partial charge is 0.325 e. The van der Waals surface area contributed by atoms with Crippen LogP contribution in [0, 0.1) is 5.41 Å². The van der Waals surface area contributed by atoms with Crippen LogP contribution in [0.4, 0.5) is 0 Å². The zero-order valence-electron chi connectivity index (χ0n) is 14.2. The number of hydrogen-bond donors (Lipinski definition) is 1. The molecule has 4 nitrogen and oxygen atoms in total. The third-order valence-corrected chi connectivity index (χ3v) is 5.58. The topological polar surface area (TPSA) is 41.6 Å². The second-order valence-corrected chi connectivity index (χ2v) is 7.50. The summed E-state index contributed by atoms with van der Waals surface area (Å²) in [6.45, 7) is 9.99. The van der Waals surface area contributed by atoms with E-state index in [-0.39, 0.29) is 5.97 Å². The minimum Gasteiger partial charge on any atom is -0.468 e. The van der Waals surface area contributed by atoms with Gasteiger partial charge in [0.25, 0.3) is 0 Å². The summed E-state index contributed by atoms with van der Waals surface area (Å²) in [6.07, 6.45) is 7.02. The lowest BCUT2D eigenvalue weighted by molar-refractivity contribution is -0.148. The van der Waals surface area contributed by atoms with Crippen LogP contribution in [0.1, 0.15) is 59.3 Å². The van der Waals surface area contributed by atoms with Gasteiger partial charge in [-0.2, -0.15) is 0 Å². The van der Waals surface area contributed by atoms with Crippen molar-refractivity contribution in [2.75, 3.05) is 26.7 Å². The number of nitrogens with one attached hydrogen (secondary N) is 1. The van der Waals surface area contributed by atoms with E-state index in [4.69, 9.17) is 4.74 Å². The molecular formula is C17H32N2O2. The number of rotatable bonds is 7. The van der Waals surface area contributed by atoms with Gasteiger partial charge in [0.15, 0.2) is 0 Å². The maximum atomic E-state index is 12.1. The van der Waals surface area contributed by atoms with Gasteiger partial charge in [-0.25, -0.2) is 0 Å². The zero-order valence-corrected chi connectivity index (χ0v) is 14.2. The number of carbonyl (C=O) groups is 1. The standard InChI is InChI=1S/C17H32N2O2/c1-5-16(2)8-11-19(12-9-16)13-10-17(3,15(20)21-4)18-14-6-7-14/h14,18H,5-13H2,1-4H3. The quantitative estimate of drug-likeness (QED) is 0.733. The molecule has 1 saturated carbocycles. The van der Waals surface area contributed by atoms with Gasteiger partial charge in [0.2, 0.25) is 0 Å². The molecule has 0 amide bonds. The predicted molar refractivity (Wildman–Crippen MR) is 85.3 cm³/mol. The Hall–Kier alpha value is -0.610. The molecule has 1 unspecified atom stereocenters. The summed E-state index contributed by atoms with van der Waals surface area (Å²) in [5.74, 6) is -0.121. The van der Waals surface area contributed by atoms with Crippen LogP contribution in [0.2, 0.25) is 0 Å². The summed E-state index contributed by atoms with van der Waals surface area (Å²) >= 11 is 0. The Morgan fingerprint density at radius 2 is 2.00 bits per heavy atom. The highest BCUT2D eigenvalue weighted by molar-refractivity contribution is 5.80. The van der Waals surface area contributed by atoms with Gasteiger partial charge in [0.1, 0.15) is 5.54 Å². The van der Waals surface area contributed by atoms with E-state index < -0.39 is 5.54 Å². The maximum absolute atomic E-state index is 12.1. The largest absolute Gasteiger partial charge is 0.468 e. The summed E-state index contributed by atoms with van der Waals surface area (Å²) in [4.78, 5) is 14.6. The highest BCUT2D eigenvalue weighted by Gasteiger charge is 2.39. The Kier molecular flexibility index (Phi) is 5.31. The molecule has 122 valence electrons. The van der Waals surface area contributed by atoms with E-state index in [1.165, 1.54) is 39.2 Å². The number of piperidine rings is 1. The normalized spacial score (nSPS) is 25.3. The number of ether oxygens (including phenoxy) is 1. The summed E-state index contributed by atoms with van der Waals surface area (Å²) in [7, 11) is 1.49. The van der Waals surface area contributed by atoms with Gasteiger partial charge in [0.05, 0.1) is 7.11 Å². The molecule has 1 atom stereocenters. The highest BCUT2D eigenvalue weighted by atomic mass is 16.5. The van der Waals surface area contributed by atoms with Crippen molar-refractivity contribution in [1.29, 1.82) is 0 Å². The van der Waals surface area contributed by atoms with Crippen molar-refractivity contribution in [2.45, 2.75) is 70.9 Å². The van der Waals surface area contributed by atoms with Gasteiger partial charge < -0.3 is 9.64 Å². The molecule has 1 saturated heterocycles. The van der Waals surface area contributed by atoms with Crippen molar-refractivity contribution >= 4 is 5.97 Å². The first-order valence-corrected chi connectivity index (χ1v) is 8.49. The molecule has 1 N–H and O–H groups in total. The van der Waals surface area contributed by atoms with Crippen LogP contribution >= 0.6 is 0 Å². The van der Waals surface area contributed by atoms with Crippen molar-refractivity contribution in [2.24, 2.45) is 5.41 Å². The van der Waals surface area contributed by atoms with Crippen molar-refractivity contribution in [1.82, 2.24) is 10.2 Å². The van der Waals surface area contributed by atoms with Crippen LogP contribution in [0.15, 0.2) is 0 Å². The summed E-state index contributed by atoms with van der Waals surface area (Å²) in [5, 5.41) is 3.48. The molecule has 2 fully saturated rings. The molecule has 2 aliphatic rings. The average Bonchev–Trinajstić information content (AvgIpc) is 3.29. The van der Waals surface area contributed by atoms with E-state index in [0.717, 1.165) is 26.1 Å². The Morgan fingerprint density at radius 1 is 1.38 bits per heavy atom. The van der Waals surface area contributed by atoms with E-state index in [1.807, 2.05) is 6.92 Å². The second-order valence-electron chi connectivity index (χ2n) is 7.50. The molecule has 4 heteroatoms. The van der Waals surface area contributed by atoms with Crippen molar-refractivity contribution in [3.05, 3.63) is 0 Å². The van der Waals surface area contributed by atoms with Gasteiger partial charge in [-0.05, 0) is 57.5 Å². The van der Waals surface area contributed by atoms with Gasteiger partial charge in [-0.1, -0.05) is 20.3 Å². The molecule has 0 bridgehead atoms. The van der Waals surface area contributed by atoms with E-state index in [0.29, 0.717) is 11.5 Å². The number of hydrogen-bond acceptors (Lipinski definition) is 4. The fraction of sp³-hybridized carbons (Fsp3) is 0.941. The van der Waals surface area contributed by atoms with Crippen molar-refractivity contribution < 1.29 is 9.53 Å². The molecule has 0 aromatic rings. The maximum Gasteiger partial charge on any atom is 0.325 e. The van der Waals surface area contributed by atoms with Gasteiger partial charge >= 0.3 is 5.97 Å². The van der Waals surface area contributed by atoms with Crippen molar-refractivity contribution in [3.8, 4) is 0 Å². The van der Waals surface area contributed by atoms with E-state index in [9.17, 15) is 4.79 Å². The number of nitrogens with zero attached hydrogens (tertiary/aromatic N) is 1. The molecule has 0 spiro atoms. The Bertz CT molecular complexity index is 360. The predicted octanol–water partition coefficient (Wildman–Crippen LogP) is 2.57. The van der Waals surface area contributed by atoms with Gasteiger partial charge in [-0.15, -0.1) is 0 Å². The van der Waals surface area contributed by atoms with Crippen molar-refractivity contribution in [3.63, 3.8) is 0 Å². The molecule has 0 radical (unpaired) electrons. The lowest BCUT2D eigenvalue weighted by Crippen LogP contribution is -2.53. The molecule has 0 aromatic carbocycles. The van der Waals surface area contributed by atoms with E-state index >= 15 is 0 Å². The number of esters is 1. The first-order chi connectivity index (χ1) is 9.91. The molecule has 1 heterocycles.